The van der Waals surface area contributed by atoms with Crippen LogP contribution in [0.3, 0.4) is 0 Å². The van der Waals surface area contributed by atoms with Gasteiger partial charge in [-0.25, -0.2) is 9.97 Å². The fourth-order valence-electron chi connectivity index (χ4n) is 2.05. The third-order valence-corrected chi connectivity index (χ3v) is 3.43. The van der Waals surface area contributed by atoms with Crippen LogP contribution in [0.5, 0.6) is 5.75 Å². The van der Waals surface area contributed by atoms with E-state index < -0.39 is 0 Å². The minimum absolute atomic E-state index is 0.353. The zero-order chi connectivity index (χ0) is 16.8. The lowest BCUT2D eigenvalue weighted by atomic mass is 10.2. The Kier molecular flexibility index (Phi) is 5.03. The Morgan fingerprint density at radius 1 is 1.04 bits per heavy atom. The van der Waals surface area contributed by atoms with Gasteiger partial charge in [0.15, 0.2) is 11.6 Å². The molecule has 0 unspecified atom stereocenters. The topological polar surface area (TPSA) is 59.4 Å². The van der Waals surface area contributed by atoms with Crippen molar-refractivity contribution >= 4 is 23.6 Å². The van der Waals surface area contributed by atoms with E-state index in [1.54, 1.807) is 19.4 Å². The zero-order valence-electron chi connectivity index (χ0n) is 13.0. The Morgan fingerprint density at radius 2 is 1.79 bits per heavy atom. The Morgan fingerprint density at radius 3 is 2.50 bits per heavy atom. The minimum Gasteiger partial charge on any atom is -0.497 e. The van der Waals surface area contributed by atoms with E-state index in [1.807, 2.05) is 54.6 Å². The van der Waals surface area contributed by atoms with E-state index in [0.29, 0.717) is 16.8 Å². The molecule has 0 atom stereocenters. The van der Waals surface area contributed by atoms with Gasteiger partial charge in [-0.05, 0) is 29.8 Å². The van der Waals surface area contributed by atoms with Gasteiger partial charge in [0, 0.05) is 11.6 Å². The second kappa shape index (κ2) is 7.57. The highest BCUT2D eigenvalue weighted by Gasteiger charge is 2.05. The Hall–Kier alpha value is -2.92. The lowest BCUT2D eigenvalue weighted by Crippen LogP contribution is -1.97. The van der Waals surface area contributed by atoms with E-state index in [2.05, 4.69) is 20.5 Å². The number of nitrogens with one attached hydrogen (secondary N) is 1. The molecule has 6 heteroatoms. The minimum atomic E-state index is 0.353. The van der Waals surface area contributed by atoms with Gasteiger partial charge in [0.25, 0.3) is 0 Å². The zero-order valence-corrected chi connectivity index (χ0v) is 13.7. The summed E-state index contributed by atoms with van der Waals surface area (Å²) in [6.45, 7) is 0. The Balaban J connectivity index is 1.75. The molecule has 0 saturated carbocycles. The van der Waals surface area contributed by atoms with Gasteiger partial charge < -0.3 is 4.74 Å². The fourth-order valence-corrected chi connectivity index (χ4v) is 2.24. The predicted octanol–water partition coefficient (Wildman–Crippen LogP) is 4.25. The molecular formula is C18H15ClN4O. The van der Waals surface area contributed by atoms with E-state index in [1.165, 1.54) is 0 Å². The molecule has 120 valence electrons. The molecule has 0 fully saturated rings. The molecule has 3 rings (SSSR count). The van der Waals surface area contributed by atoms with Crippen molar-refractivity contribution in [3.05, 3.63) is 71.4 Å². The first kappa shape index (κ1) is 16.0. The number of hydrazone groups is 1. The number of benzene rings is 2. The third kappa shape index (κ3) is 4.08. The summed E-state index contributed by atoms with van der Waals surface area (Å²) in [4.78, 5) is 8.66. The van der Waals surface area contributed by atoms with Gasteiger partial charge in [-0.3, -0.25) is 5.43 Å². The molecule has 0 bridgehead atoms. The first-order valence-electron chi connectivity index (χ1n) is 7.28. The van der Waals surface area contributed by atoms with E-state index >= 15 is 0 Å². The maximum atomic E-state index is 6.07. The van der Waals surface area contributed by atoms with Gasteiger partial charge in [0.2, 0.25) is 0 Å². The average Bonchev–Trinajstić information content (AvgIpc) is 2.63. The molecule has 1 aromatic heterocycles. The highest BCUT2D eigenvalue weighted by molar-refractivity contribution is 6.29. The summed E-state index contributed by atoms with van der Waals surface area (Å²) in [6.07, 6.45) is 1.69. The lowest BCUT2D eigenvalue weighted by molar-refractivity contribution is 0.415. The summed E-state index contributed by atoms with van der Waals surface area (Å²) in [7, 11) is 1.63. The van der Waals surface area contributed by atoms with Crippen LogP contribution >= 0.6 is 11.6 Å². The quantitative estimate of drug-likeness (QED) is 0.429. The second-order valence-electron chi connectivity index (χ2n) is 4.91. The van der Waals surface area contributed by atoms with Gasteiger partial charge in [0.1, 0.15) is 10.9 Å². The summed E-state index contributed by atoms with van der Waals surface area (Å²) >= 11 is 6.07. The summed E-state index contributed by atoms with van der Waals surface area (Å²) in [5.41, 5.74) is 4.70. The number of rotatable bonds is 5. The van der Waals surface area contributed by atoms with Crippen LogP contribution in [0.25, 0.3) is 11.4 Å². The van der Waals surface area contributed by atoms with E-state index in [-0.39, 0.29) is 0 Å². The first-order chi connectivity index (χ1) is 11.7. The number of hydrogen-bond donors (Lipinski definition) is 1. The van der Waals surface area contributed by atoms with Crippen LogP contribution < -0.4 is 10.2 Å². The van der Waals surface area contributed by atoms with Gasteiger partial charge in [-0.15, -0.1) is 0 Å². The highest BCUT2D eigenvalue weighted by Crippen LogP contribution is 2.20. The second-order valence-corrected chi connectivity index (χ2v) is 5.30. The Bertz CT molecular complexity index is 835. The fraction of sp³-hybridized carbons (Fsp3) is 0.0556. The number of halogens is 1. The predicted molar refractivity (Wildman–Crippen MR) is 96.7 cm³/mol. The summed E-state index contributed by atoms with van der Waals surface area (Å²) in [5, 5.41) is 4.53. The van der Waals surface area contributed by atoms with Gasteiger partial charge in [0.05, 0.1) is 13.3 Å². The van der Waals surface area contributed by atoms with Crippen molar-refractivity contribution in [3.8, 4) is 17.1 Å². The molecule has 2 aromatic carbocycles. The van der Waals surface area contributed by atoms with Crippen LogP contribution in [0.1, 0.15) is 5.56 Å². The van der Waals surface area contributed by atoms with Crippen molar-refractivity contribution in [1.82, 2.24) is 9.97 Å². The first-order valence-corrected chi connectivity index (χ1v) is 7.65. The van der Waals surface area contributed by atoms with Gasteiger partial charge in [-0.2, -0.15) is 5.10 Å². The van der Waals surface area contributed by atoms with Crippen LogP contribution in [0.2, 0.25) is 5.15 Å². The van der Waals surface area contributed by atoms with Crippen LogP contribution in [0.15, 0.2) is 65.8 Å². The van der Waals surface area contributed by atoms with E-state index in [4.69, 9.17) is 16.3 Å². The molecule has 1 heterocycles. The van der Waals surface area contributed by atoms with Crippen molar-refractivity contribution in [2.24, 2.45) is 5.10 Å². The molecule has 0 amide bonds. The molecule has 0 radical (unpaired) electrons. The molecule has 24 heavy (non-hydrogen) atoms. The molecule has 0 aliphatic rings. The van der Waals surface area contributed by atoms with Gasteiger partial charge >= 0.3 is 0 Å². The summed E-state index contributed by atoms with van der Waals surface area (Å²) in [5.74, 6) is 1.87. The summed E-state index contributed by atoms with van der Waals surface area (Å²) in [6, 6.07) is 18.8. The number of nitrogens with zero attached hydrogens (tertiary/aromatic N) is 3. The van der Waals surface area contributed by atoms with Crippen LogP contribution in [-0.2, 0) is 0 Å². The van der Waals surface area contributed by atoms with Gasteiger partial charge in [-0.1, -0.05) is 41.9 Å². The molecule has 0 aliphatic heterocycles. The highest BCUT2D eigenvalue weighted by atomic mass is 35.5. The van der Waals surface area contributed by atoms with Crippen molar-refractivity contribution < 1.29 is 4.74 Å². The SMILES string of the molecule is COc1ccc(C=NNc2cc(Cl)nc(-c3ccccc3)n2)cc1. The molecular weight excluding hydrogens is 324 g/mol. The average molecular weight is 339 g/mol. The molecule has 0 aliphatic carbocycles. The van der Waals surface area contributed by atoms with Crippen molar-refractivity contribution in [3.63, 3.8) is 0 Å². The van der Waals surface area contributed by atoms with Crippen molar-refractivity contribution in [2.75, 3.05) is 12.5 Å². The number of aromatic nitrogens is 2. The summed E-state index contributed by atoms with van der Waals surface area (Å²) < 4.78 is 5.12. The normalized spacial score (nSPS) is 10.8. The number of ether oxygens (including phenoxy) is 1. The van der Waals surface area contributed by atoms with E-state index in [9.17, 15) is 0 Å². The van der Waals surface area contributed by atoms with E-state index in [0.717, 1.165) is 16.9 Å². The molecule has 0 spiro atoms. The number of hydrogen-bond acceptors (Lipinski definition) is 5. The molecule has 3 aromatic rings. The van der Waals surface area contributed by atoms with Crippen molar-refractivity contribution in [1.29, 1.82) is 0 Å². The van der Waals surface area contributed by atoms with Crippen LogP contribution in [-0.4, -0.2) is 23.3 Å². The van der Waals surface area contributed by atoms with Crippen molar-refractivity contribution in [2.45, 2.75) is 0 Å². The Labute approximate surface area is 145 Å². The smallest absolute Gasteiger partial charge is 0.163 e. The standard InChI is InChI=1S/C18H15ClN4O/c1-24-15-9-7-13(8-10-15)12-20-23-17-11-16(19)21-18(22-17)14-5-3-2-4-6-14/h2-12H,1H3,(H,21,22,23). The molecule has 5 nitrogen and oxygen atoms in total. The number of methoxy groups -OCH3 is 1. The maximum Gasteiger partial charge on any atom is 0.163 e. The number of anilines is 1. The monoisotopic (exact) mass is 338 g/mol. The third-order valence-electron chi connectivity index (χ3n) is 3.24. The lowest BCUT2D eigenvalue weighted by Gasteiger charge is -2.04. The van der Waals surface area contributed by atoms with Crippen LogP contribution in [0, 0.1) is 0 Å². The largest absolute Gasteiger partial charge is 0.497 e. The molecule has 1 N–H and O–H groups in total. The molecule has 0 saturated heterocycles. The maximum absolute atomic E-state index is 6.07. The van der Waals surface area contributed by atoms with Crippen LogP contribution in [0.4, 0.5) is 5.82 Å².